The van der Waals surface area contributed by atoms with Crippen LogP contribution in [0, 0.1) is 12.8 Å². The van der Waals surface area contributed by atoms with E-state index < -0.39 is 6.10 Å². The molecule has 1 saturated heterocycles. The van der Waals surface area contributed by atoms with Crippen molar-refractivity contribution in [2.45, 2.75) is 26.4 Å². The summed E-state index contributed by atoms with van der Waals surface area (Å²) in [7, 11) is 0. The molecular formula is C17H28N2O2. The van der Waals surface area contributed by atoms with Crippen LogP contribution in [-0.2, 0) is 0 Å². The summed E-state index contributed by atoms with van der Waals surface area (Å²) >= 11 is 0. The average molecular weight is 292 g/mol. The van der Waals surface area contributed by atoms with Crippen LogP contribution in [0.2, 0.25) is 0 Å². The van der Waals surface area contributed by atoms with Gasteiger partial charge in [-0.2, -0.15) is 0 Å². The first-order valence-corrected chi connectivity index (χ1v) is 7.98. The fraction of sp³-hybridized carbons (Fsp3) is 0.647. The molecule has 0 radical (unpaired) electrons. The first kappa shape index (κ1) is 16.3. The van der Waals surface area contributed by atoms with Crippen molar-refractivity contribution < 1.29 is 9.84 Å². The number of ether oxygens (including phenoxy) is 1. The molecule has 2 atom stereocenters. The number of aliphatic hydroxyl groups excluding tert-OH is 1. The largest absolute Gasteiger partial charge is 0.491 e. The van der Waals surface area contributed by atoms with E-state index in [1.807, 2.05) is 31.2 Å². The van der Waals surface area contributed by atoms with Crippen molar-refractivity contribution in [3.63, 3.8) is 0 Å². The third-order valence-electron chi connectivity index (χ3n) is 4.06. The molecule has 1 aromatic rings. The minimum atomic E-state index is -0.464. The summed E-state index contributed by atoms with van der Waals surface area (Å²) in [6.07, 6.45) is 0.797. The molecule has 0 aromatic heterocycles. The molecule has 0 amide bonds. The zero-order chi connectivity index (χ0) is 15.1. The number of rotatable bonds is 8. The second-order valence-electron chi connectivity index (χ2n) is 5.99. The Morgan fingerprint density at radius 1 is 1.48 bits per heavy atom. The topological polar surface area (TPSA) is 44.7 Å². The van der Waals surface area contributed by atoms with Crippen LogP contribution in [0.4, 0.5) is 0 Å². The van der Waals surface area contributed by atoms with Gasteiger partial charge in [0.05, 0.1) is 0 Å². The van der Waals surface area contributed by atoms with E-state index in [4.69, 9.17) is 4.74 Å². The van der Waals surface area contributed by atoms with Gasteiger partial charge < -0.3 is 20.1 Å². The lowest BCUT2D eigenvalue weighted by molar-refractivity contribution is 0.105. The normalized spacial score (nSPS) is 20.6. The standard InChI is InChI=1S/C17H28N2O2/c1-3-19-8-7-15(12-19)10-18-11-16(20)13-21-17-6-4-5-14(2)9-17/h4-6,9,15-16,18,20H,3,7-8,10-13H2,1-2H3. The van der Waals surface area contributed by atoms with Crippen LogP contribution >= 0.6 is 0 Å². The predicted octanol–water partition coefficient (Wildman–Crippen LogP) is 1.67. The minimum absolute atomic E-state index is 0.336. The quantitative estimate of drug-likeness (QED) is 0.765. The van der Waals surface area contributed by atoms with E-state index in [-0.39, 0.29) is 0 Å². The van der Waals surface area contributed by atoms with Gasteiger partial charge in [-0.05, 0) is 56.6 Å². The van der Waals surface area contributed by atoms with Gasteiger partial charge in [-0.15, -0.1) is 0 Å². The second kappa shape index (κ2) is 8.37. The van der Waals surface area contributed by atoms with Gasteiger partial charge in [-0.1, -0.05) is 19.1 Å². The number of hydrogen-bond donors (Lipinski definition) is 2. The lowest BCUT2D eigenvalue weighted by Gasteiger charge is -2.16. The van der Waals surface area contributed by atoms with Crippen LogP contribution in [0.3, 0.4) is 0 Å². The van der Waals surface area contributed by atoms with E-state index >= 15 is 0 Å². The van der Waals surface area contributed by atoms with Crippen molar-refractivity contribution in [3.05, 3.63) is 29.8 Å². The molecule has 2 unspecified atom stereocenters. The molecular weight excluding hydrogens is 264 g/mol. The van der Waals surface area contributed by atoms with Crippen molar-refractivity contribution in [2.24, 2.45) is 5.92 Å². The number of benzene rings is 1. The predicted molar refractivity (Wildman–Crippen MR) is 85.8 cm³/mol. The maximum absolute atomic E-state index is 9.95. The molecule has 0 spiro atoms. The smallest absolute Gasteiger partial charge is 0.119 e. The van der Waals surface area contributed by atoms with Gasteiger partial charge in [0.2, 0.25) is 0 Å². The molecule has 4 heteroatoms. The number of aliphatic hydroxyl groups is 1. The van der Waals surface area contributed by atoms with Gasteiger partial charge in [0.25, 0.3) is 0 Å². The molecule has 2 rings (SSSR count). The number of nitrogens with one attached hydrogen (secondary N) is 1. The summed E-state index contributed by atoms with van der Waals surface area (Å²) in [5.41, 5.74) is 1.17. The van der Waals surface area contributed by atoms with E-state index in [0.29, 0.717) is 13.2 Å². The summed E-state index contributed by atoms with van der Waals surface area (Å²) in [6, 6.07) is 7.91. The fourth-order valence-corrected chi connectivity index (χ4v) is 2.78. The lowest BCUT2D eigenvalue weighted by atomic mass is 10.1. The maximum Gasteiger partial charge on any atom is 0.119 e. The first-order valence-electron chi connectivity index (χ1n) is 7.98. The highest BCUT2D eigenvalue weighted by atomic mass is 16.5. The Bertz CT molecular complexity index is 425. The van der Waals surface area contributed by atoms with Crippen LogP contribution in [0.15, 0.2) is 24.3 Å². The van der Waals surface area contributed by atoms with E-state index in [1.54, 1.807) is 0 Å². The summed E-state index contributed by atoms with van der Waals surface area (Å²) < 4.78 is 5.61. The molecule has 0 aliphatic carbocycles. The van der Waals surface area contributed by atoms with Crippen LogP contribution in [0.1, 0.15) is 18.9 Å². The molecule has 1 fully saturated rings. The van der Waals surface area contributed by atoms with Gasteiger partial charge in [-0.3, -0.25) is 0 Å². The Morgan fingerprint density at radius 2 is 2.33 bits per heavy atom. The zero-order valence-electron chi connectivity index (χ0n) is 13.2. The van der Waals surface area contributed by atoms with Crippen LogP contribution in [0.25, 0.3) is 0 Å². The average Bonchev–Trinajstić information content (AvgIpc) is 2.93. The van der Waals surface area contributed by atoms with Crippen molar-refractivity contribution in [1.29, 1.82) is 0 Å². The zero-order valence-corrected chi connectivity index (χ0v) is 13.2. The molecule has 0 bridgehead atoms. The Balaban J connectivity index is 1.58. The van der Waals surface area contributed by atoms with Gasteiger partial charge in [0.1, 0.15) is 18.5 Å². The molecule has 1 aromatic carbocycles. The molecule has 1 aliphatic rings. The maximum atomic E-state index is 9.95. The van der Waals surface area contributed by atoms with Crippen LogP contribution in [-0.4, -0.2) is 55.4 Å². The van der Waals surface area contributed by atoms with E-state index in [0.717, 1.165) is 24.8 Å². The summed E-state index contributed by atoms with van der Waals surface area (Å²) in [6.45, 7) is 9.69. The molecule has 1 heterocycles. The van der Waals surface area contributed by atoms with E-state index in [2.05, 4.69) is 17.1 Å². The van der Waals surface area contributed by atoms with Crippen molar-refractivity contribution >= 4 is 0 Å². The molecule has 21 heavy (non-hydrogen) atoms. The van der Waals surface area contributed by atoms with E-state index in [9.17, 15) is 5.11 Å². The summed E-state index contributed by atoms with van der Waals surface area (Å²) in [5, 5.41) is 13.3. The number of likely N-dealkylation sites (tertiary alicyclic amines) is 1. The van der Waals surface area contributed by atoms with Gasteiger partial charge >= 0.3 is 0 Å². The number of aryl methyl sites for hydroxylation is 1. The highest BCUT2D eigenvalue weighted by Gasteiger charge is 2.20. The molecule has 0 saturated carbocycles. The highest BCUT2D eigenvalue weighted by Crippen LogP contribution is 2.14. The van der Waals surface area contributed by atoms with Gasteiger partial charge in [-0.25, -0.2) is 0 Å². The SMILES string of the molecule is CCN1CCC(CNCC(O)COc2cccc(C)c2)C1. The Morgan fingerprint density at radius 3 is 3.05 bits per heavy atom. The van der Waals surface area contributed by atoms with Crippen molar-refractivity contribution in [2.75, 3.05) is 39.3 Å². The Hall–Kier alpha value is -1.10. The Kier molecular flexibility index (Phi) is 6.49. The van der Waals surface area contributed by atoms with Crippen LogP contribution < -0.4 is 10.1 Å². The number of nitrogens with zero attached hydrogens (tertiary/aromatic N) is 1. The summed E-state index contributed by atoms with van der Waals surface area (Å²) in [4.78, 5) is 2.48. The van der Waals surface area contributed by atoms with Gasteiger partial charge in [0, 0.05) is 13.1 Å². The molecule has 2 N–H and O–H groups in total. The molecule has 1 aliphatic heterocycles. The fourth-order valence-electron chi connectivity index (χ4n) is 2.78. The second-order valence-corrected chi connectivity index (χ2v) is 5.99. The van der Waals surface area contributed by atoms with Crippen molar-refractivity contribution in [1.82, 2.24) is 10.2 Å². The van der Waals surface area contributed by atoms with Crippen molar-refractivity contribution in [3.8, 4) is 5.75 Å². The van der Waals surface area contributed by atoms with Crippen LogP contribution in [0.5, 0.6) is 5.75 Å². The monoisotopic (exact) mass is 292 g/mol. The lowest BCUT2D eigenvalue weighted by Crippen LogP contribution is -2.35. The minimum Gasteiger partial charge on any atom is -0.491 e. The van der Waals surface area contributed by atoms with Gasteiger partial charge in [0.15, 0.2) is 0 Å². The third-order valence-corrected chi connectivity index (χ3v) is 4.06. The van der Waals surface area contributed by atoms with E-state index in [1.165, 1.54) is 25.1 Å². The molecule has 4 nitrogen and oxygen atoms in total. The summed E-state index contributed by atoms with van der Waals surface area (Å²) in [5.74, 6) is 1.54. The first-order chi connectivity index (χ1) is 10.2. The number of hydrogen-bond acceptors (Lipinski definition) is 4. The Labute approximate surface area is 128 Å². The molecule has 118 valence electrons. The third kappa shape index (κ3) is 5.65. The highest BCUT2D eigenvalue weighted by molar-refractivity contribution is 5.27.